The fourth-order valence-electron chi connectivity index (χ4n) is 11.5. The number of carbonyl (C=O) groups is 1. The van der Waals surface area contributed by atoms with Gasteiger partial charge in [0.25, 0.3) is 0 Å². The minimum Gasteiger partial charge on any atom is -0.487 e. The Hall–Kier alpha value is -9.59. The van der Waals surface area contributed by atoms with E-state index in [2.05, 4.69) is 40.9 Å². The number of H-pyrrole nitrogens is 2. The predicted molar refractivity (Wildman–Crippen MR) is 434 cm³/mol. The first-order valence-electron chi connectivity index (χ1n) is 39.7. The van der Waals surface area contributed by atoms with Crippen molar-refractivity contribution in [3.8, 4) is 45.3 Å². The third-order valence-electron chi connectivity index (χ3n) is 17.2. The van der Waals surface area contributed by atoms with Gasteiger partial charge in [-0.05, 0) is 78.4 Å². The Labute approximate surface area is 690 Å². The summed E-state index contributed by atoms with van der Waals surface area (Å²) in [4.78, 5) is 29.1. The maximum Gasteiger partial charge on any atom is 0.341 e. The van der Waals surface area contributed by atoms with E-state index in [1.165, 1.54) is 0 Å². The molecule has 648 valence electrons. The largest absolute Gasteiger partial charge is 0.487 e. The quantitative estimate of drug-likeness (QED) is 0.0318. The first kappa shape index (κ1) is 91.7. The number of nitrogens with zero attached hydrogens (tertiary/aromatic N) is 11. The number of hydrogen-bond acceptors (Lipinski definition) is 31. The Balaban J connectivity index is 0.861. The molecule has 37 nitrogen and oxygen atoms in total. The molecule has 2 aliphatic heterocycles. The Morgan fingerprint density at radius 1 is 0.336 bits per heavy atom. The fraction of sp³-hybridized carbons (Fsp3) is 0.524. The van der Waals surface area contributed by atoms with Crippen molar-refractivity contribution in [3.63, 3.8) is 0 Å². The molecule has 8 bridgehead atoms. The SMILES string of the molecule is COCCOCCOCCOCCOCCOCCn1cc(COc2cc(OCc3cn(CCOCCOCCOCCOCCOCCOC)nn3)c(-c3c4nc(cc5ccc([nH]5)c(-c5ccc(OCC(=O)O)cc5)c5nc(cc6ccc3[nH]6)C=C5)C=C4)c(OCc3cn(CCOCCOCCOCCOCCOCCOC)nn3)c2)nn1. The topological polar surface area (TPSA) is 390 Å². The van der Waals surface area contributed by atoms with E-state index in [0.29, 0.717) is 317 Å². The zero-order valence-electron chi connectivity index (χ0n) is 68.0. The molecule has 0 fully saturated rings. The van der Waals surface area contributed by atoms with Crippen LogP contribution < -0.4 is 18.9 Å². The molecule has 0 amide bonds. The average molecular weight is 1660 g/mol. The standard InChI is InChI=1S/C82H111N13O24/c1-98-22-25-104-34-37-110-46-49-113-43-40-107-31-28-101-19-16-93-56-68(87-90-93)59-116-72-54-77(118-60-69-57-94(91-88-69)17-20-102-29-32-108-41-44-114-50-47-111-38-35-105-26-23-99-2)82(78(55-72)119-61-70-58-95(92-89-70)18-21-103-30-33-109-42-45-115-51-48-112-39-36-106-27-24-100-3)81-75-14-8-66(85-75)52-64-6-12-73(83-64)80(63-4-10-71(11-5-63)117-62-79(96)97)74-13-7-65(84-74)53-67-9-15-76(81)86-67/h4-15,52-58,83,86H,16-51,59-62H2,1-3H3,(H,96,97). The normalized spacial score (nSPS) is 11.9. The van der Waals surface area contributed by atoms with Gasteiger partial charge in [0.15, 0.2) is 6.61 Å². The summed E-state index contributed by atoms with van der Waals surface area (Å²) in [5.74, 6) is 0.388. The second kappa shape index (κ2) is 55.3. The molecule has 119 heavy (non-hydrogen) atoms. The molecule has 0 saturated heterocycles. The maximum absolute atomic E-state index is 11.3. The molecule has 0 atom stereocenters. The van der Waals surface area contributed by atoms with E-state index >= 15 is 0 Å². The van der Waals surface area contributed by atoms with Crippen LogP contribution in [0.2, 0.25) is 0 Å². The van der Waals surface area contributed by atoms with Crippen LogP contribution in [-0.2, 0) is 130 Å². The van der Waals surface area contributed by atoms with Gasteiger partial charge in [0, 0.05) is 66.7 Å². The Morgan fingerprint density at radius 2 is 0.655 bits per heavy atom. The van der Waals surface area contributed by atoms with E-state index in [-0.39, 0.29) is 19.8 Å². The number of rotatable bonds is 68. The van der Waals surface area contributed by atoms with Gasteiger partial charge in [-0.1, -0.05) is 27.8 Å². The van der Waals surface area contributed by atoms with Crippen molar-refractivity contribution >= 4 is 52.3 Å². The summed E-state index contributed by atoms with van der Waals surface area (Å²) < 4.78 is 131. The van der Waals surface area contributed by atoms with Crippen LogP contribution >= 0.6 is 0 Å². The molecule has 8 aromatic rings. The van der Waals surface area contributed by atoms with Crippen molar-refractivity contribution in [3.05, 3.63) is 131 Å². The summed E-state index contributed by atoms with van der Waals surface area (Å²) >= 11 is 0. The van der Waals surface area contributed by atoms with Crippen LogP contribution in [0.4, 0.5) is 0 Å². The van der Waals surface area contributed by atoms with Gasteiger partial charge in [-0.15, -0.1) is 15.3 Å². The Bertz CT molecular complexity index is 4300. The minimum atomic E-state index is -1.07. The van der Waals surface area contributed by atoms with Crippen molar-refractivity contribution in [2.45, 2.75) is 39.5 Å². The number of aromatic amines is 2. The van der Waals surface area contributed by atoms with Gasteiger partial charge >= 0.3 is 5.97 Å². The van der Waals surface area contributed by atoms with E-state index in [1.54, 1.807) is 78.2 Å². The number of methoxy groups -OCH3 is 3. The third-order valence-corrected chi connectivity index (χ3v) is 17.2. The molecule has 0 saturated carbocycles. The highest BCUT2D eigenvalue weighted by atomic mass is 16.6. The maximum atomic E-state index is 11.3. The van der Waals surface area contributed by atoms with Gasteiger partial charge < -0.3 is 119 Å². The van der Waals surface area contributed by atoms with E-state index in [9.17, 15) is 9.90 Å². The third kappa shape index (κ3) is 34.6. The zero-order chi connectivity index (χ0) is 82.6. The number of aromatic nitrogens is 13. The van der Waals surface area contributed by atoms with Gasteiger partial charge in [0.05, 0.1) is 285 Å². The highest BCUT2D eigenvalue weighted by molar-refractivity contribution is 5.96. The van der Waals surface area contributed by atoms with Gasteiger partial charge in [-0.2, -0.15) is 0 Å². The number of nitrogens with one attached hydrogen (secondary N) is 2. The van der Waals surface area contributed by atoms with Crippen LogP contribution in [0.1, 0.15) is 39.9 Å². The molecule has 10 rings (SSSR count). The molecule has 6 aromatic heterocycles. The van der Waals surface area contributed by atoms with Crippen molar-refractivity contribution < 1.29 is 114 Å². The van der Waals surface area contributed by atoms with Crippen molar-refractivity contribution in [2.75, 3.05) is 246 Å². The molecule has 8 heterocycles. The van der Waals surface area contributed by atoms with Crippen LogP contribution in [0.5, 0.6) is 23.0 Å². The molecular weight excluding hydrogens is 1550 g/mol. The minimum absolute atomic E-state index is 0.00812. The summed E-state index contributed by atoms with van der Waals surface area (Å²) in [5, 5.41) is 36.0. The van der Waals surface area contributed by atoms with Gasteiger partial charge in [-0.3, -0.25) is 0 Å². The van der Waals surface area contributed by atoms with Crippen LogP contribution in [0.15, 0.2) is 91.4 Å². The number of carboxylic acid groups (broad SMARTS) is 1. The molecular formula is C82H111N13O24. The van der Waals surface area contributed by atoms with Gasteiger partial charge in [-0.25, -0.2) is 28.8 Å². The molecule has 0 unspecified atom stereocenters. The van der Waals surface area contributed by atoms with E-state index in [1.807, 2.05) is 72.8 Å². The Kier molecular flexibility index (Phi) is 42.6. The second-order valence-corrected chi connectivity index (χ2v) is 26.2. The van der Waals surface area contributed by atoms with Crippen LogP contribution in [-0.4, -0.2) is 322 Å². The summed E-state index contributed by atoms with van der Waals surface area (Å²) in [7, 11) is 4.91. The smallest absolute Gasteiger partial charge is 0.341 e. The monoisotopic (exact) mass is 1660 g/mol. The Morgan fingerprint density at radius 3 is 1.00 bits per heavy atom. The van der Waals surface area contributed by atoms with Crippen molar-refractivity contribution in [1.29, 1.82) is 0 Å². The van der Waals surface area contributed by atoms with Gasteiger partial charge in [0.2, 0.25) is 0 Å². The highest BCUT2D eigenvalue weighted by Crippen LogP contribution is 2.46. The fourth-order valence-corrected chi connectivity index (χ4v) is 11.5. The first-order valence-corrected chi connectivity index (χ1v) is 39.7. The zero-order valence-corrected chi connectivity index (χ0v) is 68.0. The van der Waals surface area contributed by atoms with Gasteiger partial charge in [0.1, 0.15) is 59.9 Å². The van der Waals surface area contributed by atoms with E-state index in [0.717, 1.165) is 27.7 Å². The summed E-state index contributed by atoms with van der Waals surface area (Å²) in [5.41, 5.74) is 9.83. The lowest BCUT2D eigenvalue weighted by molar-refractivity contribution is -0.139. The number of aliphatic carboxylic acids is 1. The lowest BCUT2D eigenvalue weighted by Crippen LogP contribution is -2.14. The first-order chi connectivity index (χ1) is 58.8. The summed E-state index contributed by atoms with van der Waals surface area (Å²) in [6.07, 6.45) is 13.2. The average Bonchev–Trinajstić information content (AvgIpc) is 1.71. The van der Waals surface area contributed by atoms with Crippen LogP contribution in [0.3, 0.4) is 0 Å². The summed E-state index contributed by atoms with van der Waals surface area (Å²) in [6.45, 7) is 15.5. The van der Waals surface area contributed by atoms with Crippen LogP contribution in [0.25, 0.3) is 68.6 Å². The van der Waals surface area contributed by atoms with E-state index in [4.69, 9.17) is 114 Å². The lowest BCUT2D eigenvalue weighted by atomic mass is 10.0. The number of hydrogen-bond donors (Lipinski definition) is 3. The van der Waals surface area contributed by atoms with Crippen molar-refractivity contribution in [1.82, 2.24) is 64.9 Å². The molecule has 37 heteroatoms. The van der Waals surface area contributed by atoms with E-state index < -0.39 is 12.6 Å². The number of fused-ring (bicyclic) bond motifs is 8. The molecule has 3 N–H and O–H groups in total. The molecule has 0 aliphatic carbocycles. The summed E-state index contributed by atoms with van der Waals surface area (Å²) in [6, 6.07) is 22.7. The molecule has 2 aliphatic rings. The van der Waals surface area contributed by atoms with Crippen LogP contribution in [0, 0.1) is 0 Å². The lowest BCUT2D eigenvalue weighted by Gasteiger charge is -2.19. The number of benzene rings is 2. The van der Waals surface area contributed by atoms with Crippen molar-refractivity contribution in [2.24, 2.45) is 0 Å². The highest BCUT2D eigenvalue weighted by Gasteiger charge is 2.25. The molecule has 0 spiro atoms. The molecule has 2 aromatic carbocycles. The predicted octanol–water partition coefficient (Wildman–Crippen LogP) is 7.15. The second-order valence-electron chi connectivity index (χ2n) is 26.2. The number of carboxylic acids is 1. The number of ether oxygens (including phenoxy) is 22. The molecule has 0 radical (unpaired) electrons.